The number of guanidine groups is 1. The van der Waals surface area contributed by atoms with Crippen LogP contribution in [-0.4, -0.2) is 50.8 Å². The molecule has 6 heteroatoms. The second-order valence-corrected chi connectivity index (χ2v) is 7.69. The van der Waals surface area contributed by atoms with E-state index < -0.39 is 0 Å². The van der Waals surface area contributed by atoms with E-state index in [2.05, 4.69) is 44.8 Å². The summed E-state index contributed by atoms with van der Waals surface area (Å²) in [4.78, 5) is 7.20. The lowest BCUT2D eigenvalue weighted by Crippen LogP contribution is -2.72. The predicted molar refractivity (Wildman–Crippen MR) is 105 cm³/mol. The highest BCUT2D eigenvalue weighted by Crippen LogP contribution is 2.46. The molecular weight excluding hydrogens is 330 g/mol. The van der Waals surface area contributed by atoms with Crippen LogP contribution in [0.4, 0.5) is 0 Å². The van der Waals surface area contributed by atoms with E-state index in [0.717, 1.165) is 24.6 Å². The number of nitrogens with one attached hydrogen (secondary N) is 1. The van der Waals surface area contributed by atoms with Crippen molar-refractivity contribution in [3.8, 4) is 17.2 Å². The Morgan fingerprint density at radius 3 is 2.19 bits per heavy atom. The van der Waals surface area contributed by atoms with Gasteiger partial charge in [-0.15, -0.1) is 0 Å². The molecule has 26 heavy (non-hydrogen) atoms. The molecule has 146 valence electrons. The Balaban J connectivity index is 2.31. The molecular formula is C20H33N3O3. The number of hydrogen-bond donors (Lipinski definition) is 1. The number of nitrogens with zero attached hydrogens (tertiary/aromatic N) is 2. The Morgan fingerprint density at radius 1 is 1.08 bits per heavy atom. The van der Waals surface area contributed by atoms with Gasteiger partial charge in [0.2, 0.25) is 5.75 Å². The molecule has 0 atom stereocenters. The Labute approximate surface area is 157 Å². The number of hydrogen-bond acceptors (Lipinski definition) is 4. The molecule has 0 aromatic heterocycles. The van der Waals surface area contributed by atoms with Crippen molar-refractivity contribution in [3.05, 3.63) is 17.7 Å². The molecule has 0 unspecified atom stereocenters. The zero-order valence-corrected chi connectivity index (χ0v) is 17.4. The maximum Gasteiger partial charge on any atom is 0.203 e. The molecule has 1 fully saturated rings. The Morgan fingerprint density at radius 2 is 1.73 bits per heavy atom. The number of likely N-dealkylation sites (tertiary alicyclic amines) is 1. The molecule has 1 aromatic carbocycles. The standard InChI is InChI=1S/C20H33N3O3/c1-9-21-18(23-13-19(2,3)20(23,4)5)22-12-14-10-11-15(24-6)17(26-8)16(14)25-7/h10-11H,9,12-13H2,1-8H3,(H,21,22). The van der Waals surface area contributed by atoms with Gasteiger partial charge in [0.25, 0.3) is 0 Å². The minimum atomic E-state index is 0.0513. The third-order valence-electron chi connectivity index (χ3n) is 5.66. The van der Waals surface area contributed by atoms with Crippen molar-refractivity contribution in [2.75, 3.05) is 34.4 Å². The summed E-state index contributed by atoms with van der Waals surface area (Å²) >= 11 is 0. The maximum atomic E-state index is 5.57. The molecule has 1 aromatic rings. The molecule has 0 spiro atoms. The van der Waals surface area contributed by atoms with E-state index in [1.165, 1.54) is 0 Å². The van der Waals surface area contributed by atoms with E-state index in [9.17, 15) is 0 Å². The number of benzene rings is 1. The fourth-order valence-electron chi connectivity index (χ4n) is 3.24. The Bertz CT molecular complexity index is 669. The van der Waals surface area contributed by atoms with Gasteiger partial charge >= 0.3 is 0 Å². The lowest BCUT2D eigenvalue weighted by atomic mass is 9.65. The summed E-state index contributed by atoms with van der Waals surface area (Å²) in [6, 6.07) is 3.86. The molecule has 0 bridgehead atoms. The van der Waals surface area contributed by atoms with Gasteiger partial charge in [-0.05, 0) is 32.9 Å². The van der Waals surface area contributed by atoms with Crippen LogP contribution in [0.3, 0.4) is 0 Å². The SMILES string of the molecule is CCNC(=NCc1ccc(OC)c(OC)c1OC)N1CC(C)(C)C1(C)C. The van der Waals surface area contributed by atoms with E-state index in [4.69, 9.17) is 19.2 Å². The average molecular weight is 364 g/mol. The van der Waals surface area contributed by atoms with E-state index in [-0.39, 0.29) is 11.0 Å². The van der Waals surface area contributed by atoms with Crippen LogP contribution in [0.2, 0.25) is 0 Å². The molecule has 1 heterocycles. The van der Waals surface area contributed by atoms with Crippen molar-refractivity contribution >= 4 is 5.96 Å². The zero-order chi connectivity index (χ0) is 19.5. The van der Waals surface area contributed by atoms with Crippen LogP contribution in [-0.2, 0) is 6.54 Å². The van der Waals surface area contributed by atoms with Crippen LogP contribution in [0.1, 0.15) is 40.2 Å². The first kappa shape index (κ1) is 20.2. The van der Waals surface area contributed by atoms with Crippen LogP contribution in [0.5, 0.6) is 17.2 Å². The van der Waals surface area contributed by atoms with Gasteiger partial charge in [0, 0.05) is 29.6 Å². The summed E-state index contributed by atoms with van der Waals surface area (Å²) in [7, 11) is 4.87. The molecule has 0 radical (unpaired) electrons. The highest BCUT2D eigenvalue weighted by Gasteiger charge is 2.53. The fourth-order valence-corrected chi connectivity index (χ4v) is 3.24. The topological polar surface area (TPSA) is 55.3 Å². The van der Waals surface area contributed by atoms with Crippen LogP contribution in [0, 0.1) is 5.41 Å². The number of ether oxygens (including phenoxy) is 3. The first-order valence-corrected chi connectivity index (χ1v) is 9.07. The number of rotatable bonds is 6. The first-order chi connectivity index (χ1) is 12.2. The van der Waals surface area contributed by atoms with Crippen molar-refractivity contribution in [2.45, 2.75) is 46.7 Å². The van der Waals surface area contributed by atoms with Crippen molar-refractivity contribution in [1.29, 1.82) is 0 Å². The summed E-state index contributed by atoms with van der Waals surface area (Å²) in [5.74, 6) is 2.83. The van der Waals surface area contributed by atoms with Gasteiger partial charge in [-0.3, -0.25) is 0 Å². The molecule has 1 N–H and O–H groups in total. The van der Waals surface area contributed by atoms with Crippen molar-refractivity contribution in [3.63, 3.8) is 0 Å². The normalized spacial score (nSPS) is 18.2. The van der Waals surface area contributed by atoms with Gasteiger partial charge < -0.3 is 24.4 Å². The van der Waals surface area contributed by atoms with Gasteiger partial charge in [0.1, 0.15) is 0 Å². The van der Waals surface area contributed by atoms with Gasteiger partial charge in [-0.1, -0.05) is 13.8 Å². The Kier molecular flexibility index (Phi) is 5.94. The second kappa shape index (κ2) is 7.64. The minimum Gasteiger partial charge on any atom is -0.493 e. The first-order valence-electron chi connectivity index (χ1n) is 9.07. The number of methoxy groups -OCH3 is 3. The lowest BCUT2D eigenvalue weighted by Gasteiger charge is -2.62. The third-order valence-corrected chi connectivity index (χ3v) is 5.66. The quantitative estimate of drug-likeness (QED) is 0.621. The van der Waals surface area contributed by atoms with Crippen molar-refractivity contribution in [2.24, 2.45) is 10.4 Å². The average Bonchev–Trinajstić information content (AvgIpc) is 2.62. The maximum absolute atomic E-state index is 5.57. The van der Waals surface area contributed by atoms with E-state index in [1.54, 1.807) is 21.3 Å². The van der Waals surface area contributed by atoms with Gasteiger partial charge in [0.15, 0.2) is 17.5 Å². The zero-order valence-electron chi connectivity index (χ0n) is 17.4. The largest absolute Gasteiger partial charge is 0.493 e. The third kappa shape index (κ3) is 3.41. The van der Waals surface area contributed by atoms with Crippen LogP contribution in [0.15, 0.2) is 17.1 Å². The highest BCUT2D eigenvalue weighted by atomic mass is 16.5. The summed E-state index contributed by atoms with van der Waals surface area (Å²) in [5, 5.41) is 3.42. The molecule has 1 aliphatic heterocycles. The van der Waals surface area contributed by atoms with Gasteiger partial charge in [-0.2, -0.15) is 0 Å². The van der Waals surface area contributed by atoms with E-state index in [0.29, 0.717) is 23.8 Å². The Hall–Kier alpha value is -2.11. The minimum absolute atomic E-state index is 0.0513. The van der Waals surface area contributed by atoms with Crippen LogP contribution < -0.4 is 19.5 Å². The summed E-state index contributed by atoms with van der Waals surface area (Å²) in [6.07, 6.45) is 0. The van der Waals surface area contributed by atoms with E-state index >= 15 is 0 Å². The molecule has 0 amide bonds. The van der Waals surface area contributed by atoms with Crippen LogP contribution >= 0.6 is 0 Å². The van der Waals surface area contributed by atoms with Crippen molar-refractivity contribution < 1.29 is 14.2 Å². The highest BCUT2D eigenvalue weighted by molar-refractivity contribution is 5.82. The van der Waals surface area contributed by atoms with Crippen LogP contribution in [0.25, 0.3) is 0 Å². The van der Waals surface area contributed by atoms with Gasteiger partial charge in [-0.25, -0.2) is 4.99 Å². The molecule has 1 aliphatic rings. The predicted octanol–water partition coefficient (Wildman–Crippen LogP) is 3.30. The summed E-state index contributed by atoms with van der Waals surface area (Å²) in [6.45, 7) is 13.5. The number of aliphatic imine (C=N–C) groups is 1. The smallest absolute Gasteiger partial charge is 0.203 e. The summed E-state index contributed by atoms with van der Waals surface area (Å²) in [5.41, 5.74) is 1.26. The van der Waals surface area contributed by atoms with Crippen molar-refractivity contribution in [1.82, 2.24) is 10.2 Å². The van der Waals surface area contributed by atoms with E-state index in [1.807, 2.05) is 12.1 Å². The molecule has 0 aliphatic carbocycles. The fraction of sp³-hybridized carbons (Fsp3) is 0.650. The molecule has 2 rings (SSSR count). The monoisotopic (exact) mass is 363 g/mol. The molecule has 1 saturated heterocycles. The summed E-state index contributed by atoms with van der Waals surface area (Å²) < 4.78 is 16.4. The lowest BCUT2D eigenvalue weighted by molar-refractivity contribution is -0.0667. The van der Waals surface area contributed by atoms with Gasteiger partial charge in [0.05, 0.1) is 27.9 Å². The molecule has 6 nitrogen and oxygen atoms in total. The molecule has 0 saturated carbocycles. The second-order valence-electron chi connectivity index (χ2n) is 7.69.